The van der Waals surface area contributed by atoms with E-state index in [-0.39, 0.29) is 17.8 Å². The van der Waals surface area contributed by atoms with Gasteiger partial charge in [-0.1, -0.05) is 29.8 Å². The Hall–Kier alpha value is -2.61. The molecule has 1 N–H and O–H groups in total. The highest BCUT2D eigenvalue weighted by molar-refractivity contribution is 5.65. The minimum Gasteiger partial charge on any atom is -0.305 e. The Morgan fingerprint density at radius 2 is 1.89 bits per heavy atom. The Balaban J connectivity index is 2.79. The molecule has 19 heavy (non-hydrogen) atoms. The maximum Gasteiger partial charge on any atom is 0.328 e. The highest BCUT2D eigenvalue weighted by atomic mass is 16.2. The molecule has 0 spiro atoms. The lowest BCUT2D eigenvalue weighted by molar-refractivity contribution is 0.672. The molecule has 0 saturated carbocycles. The van der Waals surface area contributed by atoms with Crippen molar-refractivity contribution in [1.29, 1.82) is 5.26 Å². The normalized spacial score (nSPS) is 10.2. The van der Waals surface area contributed by atoms with Crippen molar-refractivity contribution < 1.29 is 0 Å². The van der Waals surface area contributed by atoms with Crippen LogP contribution in [0.25, 0.3) is 11.3 Å². The molecule has 1 aromatic carbocycles. The fourth-order valence-electron chi connectivity index (χ4n) is 1.90. The van der Waals surface area contributed by atoms with Gasteiger partial charge >= 0.3 is 5.69 Å². The van der Waals surface area contributed by atoms with E-state index in [1.54, 1.807) is 19.1 Å². The van der Waals surface area contributed by atoms with Gasteiger partial charge in [0.2, 0.25) is 0 Å². The predicted octanol–water partition coefficient (Wildman–Crippen LogP) is 1.40. The maximum absolute atomic E-state index is 12.0. The monoisotopic (exact) mass is 255 g/mol. The van der Waals surface area contributed by atoms with Crippen LogP contribution >= 0.6 is 0 Å². The molecule has 1 heterocycles. The maximum atomic E-state index is 12.0. The van der Waals surface area contributed by atoms with E-state index in [1.165, 1.54) is 0 Å². The summed E-state index contributed by atoms with van der Waals surface area (Å²) in [6.45, 7) is 3.85. The van der Waals surface area contributed by atoms with Crippen LogP contribution in [0.2, 0.25) is 0 Å². The van der Waals surface area contributed by atoms with E-state index >= 15 is 0 Å². The van der Waals surface area contributed by atoms with Crippen molar-refractivity contribution in [2.45, 2.75) is 20.4 Å². The Kier molecular flexibility index (Phi) is 3.34. The van der Waals surface area contributed by atoms with Crippen LogP contribution in [0.5, 0.6) is 0 Å². The molecule has 2 rings (SSSR count). The average molecular weight is 255 g/mol. The summed E-state index contributed by atoms with van der Waals surface area (Å²) in [5.41, 5.74) is 0.907. The van der Waals surface area contributed by atoms with E-state index in [1.807, 2.05) is 25.1 Å². The first kappa shape index (κ1) is 12.8. The molecule has 5 nitrogen and oxygen atoms in total. The van der Waals surface area contributed by atoms with Crippen LogP contribution in [0, 0.1) is 18.3 Å². The van der Waals surface area contributed by atoms with Gasteiger partial charge in [-0.15, -0.1) is 0 Å². The molecule has 96 valence electrons. The fraction of sp³-hybridized carbons (Fsp3) is 0.214. The van der Waals surface area contributed by atoms with Gasteiger partial charge in [-0.2, -0.15) is 5.26 Å². The molecular formula is C14H13N3O2. The second-order valence-corrected chi connectivity index (χ2v) is 4.21. The van der Waals surface area contributed by atoms with Gasteiger partial charge in [0.15, 0.2) is 0 Å². The topological polar surface area (TPSA) is 78.7 Å². The van der Waals surface area contributed by atoms with Gasteiger partial charge in [0.05, 0.1) is 5.69 Å². The highest BCUT2D eigenvalue weighted by Crippen LogP contribution is 2.18. The van der Waals surface area contributed by atoms with E-state index in [4.69, 9.17) is 5.26 Å². The zero-order valence-electron chi connectivity index (χ0n) is 10.7. The standard InChI is InChI=1S/C14H13N3O2/c1-3-17-13(18)11(8-15)12(16-14(17)19)10-6-4-9(2)5-7-10/h4-7H,3H2,1-2H3,(H,16,19). The molecule has 1 aromatic heterocycles. The fourth-order valence-corrected chi connectivity index (χ4v) is 1.90. The first-order chi connectivity index (χ1) is 9.08. The highest BCUT2D eigenvalue weighted by Gasteiger charge is 2.14. The van der Waals surface area contributed by atoms with Gasteiger partial charge in [-0.05, 0) is 19.4 Å². The minimum atomic E-state index is -0.552. The lowest BCUT2D eigenvalue weighted by atomic mass is 10.1. The smallest absolute Gasteiger partial charge is 0.305 e. The Labute approximate surface area is 109 Å². The summed E-state index contributed by atoms with van der Waals surface area (Å²) < 4.78 is 1.01. The molecule has 0 aliphatic rings. The molecule has 0 saturated heterocycles. The number of benzene rings is 1. The Morgan fingerprint density at radius 1 is 1.26 bits per heavy atom. The minimum absolute atomic E-state index is 0.0368. The van der Waals surface area contributed by atoms with Crippen LogP contribution in [-0.2, 0) is 6.54 Å². The van der Waals surface area contributed by atoms with Crippen molar-refractivity contribution in [3.63, 3.8) is 0 Å². The largest absolute Gasteiger partial charge is 0.328 e. The Morgan fingerprint density at radius 3 is 2.42 bits per heavy atom. The molecule has 0 aliphatic heterocycles. The second-order valence-electron chi connectivity index (χ2n) is 4.21. The lowest BCUT2D eigenvalue weighted by Crippen LogP contribution is -2.36. The van der Waals surface area contributed by atoms with E-state index < -0.39 is 11.2 Å². The van der Waals surface area contributed by atoms with Crippen LogP contribution in [0.15, 0.2) is 33.9 Å². The van der Waals surface area contributed by atoms with Crippen molar-refractivity contribution in [1.82, 2.24) is 9.55 Å². The van der Waals surface area contributed by atoms with E-state index in [0.717, 1.165) is 10.1 Å². The summed E-state index contributed by atoms with van der Waals surface area (Å²) in [7, 11) is 0. The summed E-state index contributed by atoms with van der Waals surface area (Å²) in [5.74, 6) is 0. The van der Waals surface area contributed by atoms with E-state index in [2.05, 4.69) is 4.98 Å². The van der Waals surface area contributed by atoms with Gasteiger partial charge in [-0.25, -0.2) is 4.79 Å². The van der Waals surface area contributed by atoms with E-state index in [9.17, 15) is 9.59 Å². The summed E-state index contributed by atoms with van der Waals surface area (Å²) in [6.07, 6.45) is 0. The zero-order chi connectivity index (χ0) is 14.0. The molecule has 2 aromatic rings. The third-order valence-electron chi connectivity index (χ3n) is 2.95. The average Bonchev–Trinajstić information content (AvgIpc) is 2.39. The van der Waals surface area contributed by atoms with E-state index in [0.29, 0.717) is 5.56 Å². The third kappa shape index (κ3) is 2.20. The molecule has 0 amide bonds. The zero-order valence-corrected chi connectivity index (χ0v) is 10.7. The van der Waals surface area contributed by atoms with Gasteiger partial charge in [0, 0.05) is 6.54 Å². The SMILES string of the molecule is CCn1c(=O)[nH]c(-c2ccc(C)cc2)c(C#N)c1=O. The number of H-pyrrole nitrogens is 1. The number of nitrogens with one attached hydrogen (secondary N) is 1. The van der Waals surface area contributed by atoms with Crippen LogP contribution in [0.1, 0.15) is 18.1 Å². The number of nitriles is 1. The number of aromatic amines is 1. The quantitative estimate of drug-likeness (QED) is 0.881. The molecule has 0 atom stereocenters. The predicted molar refractivity (Wildman–Crippen MR) is 71.9 cm³/mol. The van der Waals surface area contributed by atoms with Gasteiger partial charge in [-0.3, -0.25) is 9.36 Å². The molecule has 0 fully saturated rings. The summed E-state index contributed by atoms with van der Waals surface area (Å²) >= 11 is 0. The first-order valence-corrected chi connectivity index (χ1v) is 5.92. The molecule has 5 heteroatoms. The van der Waals surface area contributed by atoms with Crippen molar-refractivity contribution in [2.75, 3.05) is 0 Å². The van der Waals surface area contributed by atoms with Crippen molar-refractivity contribution in [3.05, 3.63) is 56.2 Å². The lowest BCUT2D eigenvalue weighted by Gasteiger charge is -2.07. The summed E-state index contributed by atoms with van der Waals surface area (Å²) in [6, 6.07) is 9.15. The summed E-state index contributed by atoms with van der Waals surface area (Å²) in [4.78, 5) is 26.4. The molecule has 0 unspecified atom stereocenters. The molecule has 0 bridgehead atoms. The van der Waals surface area contributed by atoms with Crippen LogP contribution in [0.4, 0.5) is 0 Å². The van der Waals surface area contributed by atoms with Gasteiger partial charge < -0.3 is 4.98 Å². The number of nitrogens with zero attached hydrogens (tertiary/aromatic N) is 2. The van der Waals surface area contributed by atoms with Gasteiger partial charge in [0.25, 0.3) is 5.56 Å². The summed E-state index contributed by atoms with van der Waals surface area (Å²) in [5, 5.41) is 9.14. The second kappa shape index (κ2) is 4.94. The van der Waals surface area contributed by atoms with Gasteiger partial charge in [0.1, 0.15) is 11.6 Å². The van der Waals surface area contributed by atoms with Crippen LogP contribution in [0.3, 0.4) is 0 Å². The molecular weight excluding hydrogens is 242 g/mol. The van der Waals surface area contributed by atoms with Crippen molar-refractivity contribution in [2.24, 2.45) is 0 Å². The molecule has 0 radical (unpaired) electrons. The number of rotatable bonds is 2. The number of aryl methyl sites for hydroxylation is 1. The van der Waals surface area contributed by atoms with Crippen LogP contribution < -0.4 is 11.2 Å². The third-order valence-corrected chi connectivity index (χ3v) is 2.95. The van der Waals surface area contributed by atoms with Crippen molar-refractivity contribution in [3.8, 4) is 17.3 Å². The molecule has 0 aliphatic carbocycles. The number of hydrogen-bond acceptors (Lipinski definition) is 3. The van der Waals surface area contributed by atoms with Crippen LogP contribution in [-0.4, -0.2) is 9.55 Å². The van der Waals surface area contributed by atoms with Crippen molar-refractivity contribution >= 4 is 0 Å². The number of aromatic nitrogens is 2. The number of hydrogen-bond donors (Lipinski definition) is 1. The first-order valence-electron chi connectivity index (χ1n) is 5.92. The Bertz CT molecular complexity index is 761.